The summed E-state index contributed by atoms with van der Waals surface area (Å²) in [6.45, 7) is 6.78. The monoisotopic (exact) mass is 581 g/mol. The van der Waals surface area contributed by atoms with Gasteiger partial charge in [-0.25, -0.2) is 8.78 Å². The number of esters is 1. The Morgan fingerprint density at radius 2 is 1.19 bits per heavy atom. The summed E-state index contributed by atoms with van der Waals surface area (Å²) in [4.78, 5) is 11.9. The lowest BCUT2D eigenvalue weighted by atomic mass is 9.78. The number of benzene rings is 4. The number of nitrogens with two attached hydrogens (primary N) is 1. The second-order valence-electron chi connectivity index (χ2n) is 10.9. The third kappa shape index (κ3) is 7.36. The molecule has 4 aromatic carbocycles. The van der Waals surface area contributed by atoms with Gasteiger partial charge in [-0.1, -0.05) is 86.6 Å². The van der Waals surface area contributed by atoms with Gasteiger partial charge in [0.25, 0.3) is 0 Å². The number of hydrogen-bond donors (Lipinski definition) is 1. The second-order valence-corrected chi connectivity index (χ2v) is 10.9. The first kappa shape index (κ1) is 32.3. The van der Waals surface area contributed by atoms with Crippen LogP contribution < -0.4 is 15.2 Å². The van der Waals surface area contributed by atoms with Gasteiger partial charge in [0.2, 0.25) is 17.4 Å². The Hall–Kier alpha value is -4.17. The minimum absolute atomic E-state index is 0.0568. The van der Waals surface area contributed by atoms with Crippen molar-refractivity contribution in [1.29, 1.82) is 0 Å². The molecule has 0 aromatic heterocycles. The van der Waals surface area contributed by atoms with Crippen molar-refractivity contribution in [2.45, 2.75) is 39.7 Å². The molecule has 0 atom stereocenters. The molecule has 0 aliphatic carbocycles. The van der Waals surface area contributed by atoms with Gasteiger partial charge in [0.05, 0.1) is 18.1 Å². The van der Waals surface area contributed by atoms with Crippen LogP contribution in [0.3, 0.4) is 0 Å². The molecule has 0 unspecified atom stereocenters. The van der Waals surface area contributed by atoms with Crippen LogP contribution in [-0.4, -0.2) is 13.1 Å². The summed E-state index contributed by atoms with van der Waals surface area (Å²) in [6.07, 6.45) is 0.396. The quantitative estimate of drug-likeness (QED) is 0.0750. The normalized spacial score (nSPS) is 11.5. The molecule has 0 fully saturated rings. The van der Waals surface area contributed by atoms with E-state index in [-0.39, 0.29) is 12.0 Å². The highest BCUT2D eigenvalue weighted by Gasteiger charge is 2.34. The van der Waals surface area contributed by atoms with Crippen molar-refractivity contribution in [3.05, 3.63) is 131 Å². The molecule has 4 rings (SSSR count). The fourth-order valence-corrected chi connectivity index (χ4v) is 4.73. The average Bonchev–Trinajstić information content (AvgIpc) is 2.98. The Morgan fingerprint density at radius 3 is 1.60 bits per heavy atom. The molecule has 0 aliphatic heterocycles. The van der Waals surface area contributed by atoms with E-state index in [1.165, 1.54) is 13.8 Å². The van der Waals surface area contributed by atoms with Gasteiger partial charge in [-0.2, -0.15) is 8.78 Å². The second kappa shape index (κ2) is 13.7. The molecule has 0 bridgehead atoms. The van der Waals surface area contributed by atoms with Crippen molar-refractivity contribution >= 4 is 5.97 Å². The number of ether oxygens (including phenoxy) is 2. The predicted molar refractivity (Wildman–Crippen MR) is 155 cm³/mol. The van der Waals surface area contributed by atoms with E-state index >= 15 is 0 Å². The Bertz CT molecular complexity index is 1410. The van der Waals surface area contributed by atoms with E-state index in [9.17, 15) is 22.4 Å². The zero-order valence-corrected chi connectivity index (χ0v) is 24.3. The van der Waals surface area contributed by atoms with Crippen LogP contribution >= 0.6 is 0 Å². The summed E-state index contributed by atoms with van der Waals surface area (Å²) >= 11 is 0. The first-order valence-corrected chi connectivity index (χ1v) is 13.4. The van der Waals surface area contributed by atoms with E-state index in [4.69, 9.17) is 10.5 Å². The molecule has 0 saturated heterocycles. The standard InChI is InChI=1S/C20H19NO.C14H16F4O2/c1-22-19-14-12-18(13-15-19)20(21,16-8-4-2-5-9-16)17-10-6-3-7-11-17;1-7(2)6-14(3,4)13(19)20-12-10(17)8(15)5-9(16)11(12)18/h2-15H,21H2,1H3;5,7H,6H2,1-4H3. The van der Waals surface area contributed by atoms with E-state index < -0.39 is 45.9 Å². The van der Waals surface area contributed by atoms with Crippen LogP contribution in [0.1, 0.15) is 50.8 Å². The maximum atomic E-state index is 13.4. The zero-order chi connectivity index (χ0) is 31.1. The maximum Gasteiger partial charge on any atom is 0.317 e. The van der Waals surface area contributed by atoms with Gasteiger partial charge in [0.15, 0.2) is 11.6 Å². The van der Waals surface area contributed by atoms with E-state index in [0.29, 0.717) is 6.42 Å². The Labute approximate surface area is 244 Å². The first-order valence-electron chi connectivity index (χ1n) is 13.4. The third-order valence-corrected chi connectivity index (χ3v) is 6.74. The minimum atomic E-state index is -1.72. The van der Waals surface area contributed by atoms with Crippen LogP contribution in [0.4, 0.5) is 17.6 Å². The zero-order valence-electron chi connectivity index (χ0n) is 24.3. The van der Waals surface area contributed by atoms with Gasteiger partial charge < -0.3 is 15.2 Å². The van der Waals surface area contributed by atoms with Crippen molar-refractivity contribution in [3.63, 3.8) is 0 Å². The lowest BCUT2D eigenvalue weighted by Crippen LogP contribution is -2.39. The molecule has 2 N–H and O–H groups in total. The van der Waals surface area contributed by atoms with Crippen LogP contribution in [0, 0.1) is 34.6 Å². The van der Waals surface area contributed by atoms with E-state index in [0.717, 1.165) is 22.4 Å². The summed E-state index contributed by atoms with van der Waals surface area (Å²) in [6, 6.07) is 28.3. The average molecular weight is 582 g/mol. The van der Waals surface area contributed by atoms with Crippen LogP contribution in [0.2, 0.25) is 0 Å². The van der Waals surface area contributed by atoms with Crippen molar-refractivity contribution in [2.24, 2.45) is 17.1 Å². The molecule has 0 heterocycles. The largest absolute Gasteiger partial charge is 0.497 e. The summed E-state index contributed by atoms with van der Waals surface area (Å²) in [5.74, 6) is -8.01. The van der Waals surface area contributed by atoms with E-state index in [2.05, 4.69) is 29.0 Å². The Morgan fingerprint density at radius 1 is 0.762 bits per heavy atom. The maximum absolute atomic E-state index is 13.4. The SMILES string of the molecule is CC(C)CC(C)(C)C(=O)Oc1c(F)c(F)cc(F)c1F.COc1ccc(C(N)(c2ccccc2)c2ccccc2)cc1. The van der Waals surface area contributed by atoms with Gasteiger partial charge in [0.1, 0.15) is 5.75 Å². The molecule has 0 saturated carbocycles. The van der Waals surface area contributed by atoms with Gasteiger partial charge >= 0.3 is 5.97 Å². The summed E-state index contributed by atoms with van der Waals surface area (Å²) < 4.78 is 62.6. The highest BCUT2D eigenvalue weighted by atomic mass is 19.2. The number of halogens is 4. The third-order valence-electron chi connectivity index (χ3n) is 6.74. The summed E-state index contributed by atoms with van der Waals surface area (Å²) in [7, 11) is 1.67. The molecular weight excluding hydrogens is 546 g/mol. The van der Waals surface area contributed by atoms with Crippen LogP contribution in [-0.2, 0) is 10.3 Å². The minimum Gasteiger partial charge on any atom is -0.497 e. The molecule has 0 amide bonds. The number of methoxy groups -OCH3 is 1. The lowest BCUT2D eigenvalue weighted by molar-refractivity contribution is -0.145. The summed E-state index contributed by atoms with van der Waals surface area (Å²) in [5.41, 5.74) is 8.35. The highest BCUT2D eigenvalue weighted by molar-refractivity contribution is 5.78. The van der Waals surface area contributed by atoms with Crippen molar-refractivity contribution in [1.82, 2.24) is 0 Å². The molecule has 222 valence electrons. The molecule has 0 aliphatic rings. The summed E-state index contributed by atoms with van der Waals surface area (Å²) in [5, 5.41) is 0. The number of rotatable bonds is 8. The molecule has 4 aromatic rings. The van der Waals surface area contributed by atoms with Crippen molar-refractivity contribution < 1.29 is 31.8 Å². The van der Waals surface area contributed by atoms with Gasteiger partial charge in [-0.05, 0) is 55.0 Å². The van der Waals surface area contributed by atoms with E-state index in [1.54, 1.807) is 7.11 Å². The fourth-order valence-electron chi connectivity index (χ4n) is 4.73. The van der Waals surface area contributed by atoms with Gasteiger partial charge in [0, 0.05) is 6.07 Å². The van der Waals surface area contributed by atoms with Crippen molar-refractivity contribution in [3.8, 4) is 11.5 Å². The smallest absolute Gasteiger partial charge is 0.317 e. The Balaban J connectivity index is 0.000000232. The van der Waals surface area contributed by atoms with Crippen molar-refractivity contribution in [2.75, 3.05) is 7.11 Å². The lowest BCUT2D eigenvalue weighted by Gasteiger charge is -2.31. The fraction of sp³-hybridized carbons (Fsp3) is 0.265. The van der Waals surface area contributed by atoms with Crippen LogP contribution in [0.25, 0.3) is 0 Å². The molecule has 0 radical (unpaired) electrons. The molecule has 42 heavy (non-hydrogen) atoms. The molecular formula is C34H35F4NO3. The van der Waals surface area contributed by atoms with Crippen LogP contribution in [0.5, 0.6) is 11.5 Å². The number of carbonyl (C=O) groups is 1. The van der Waals surface area contributed by atoms with Gasteiger partial charge in [-0.15, -0.1) is 0 Å². The number of hydrogen-bond acceptors (Lipinski definition) is 4. The predicted octanol–water partition coefficient (Wildman–Crippen LogP) is 8.17. The number of carbonyl (C=O) groups excluding carboxylic acids is 1. The molecule has 4 nitrogen and oxygen atoms in total. The first-order chi connectivity index (χ1) is 19.8. The topological polar surface area (TPSA) is 61.5 Å². The van der Waals surface area contributed by atoms with Gasteiger partial charge in [-0.3, -0.25) is 4.79 Å². The Kier molecular flexibility index (Phi) is 10.5. The highest BCUT2D eigenvalue weighted by Crippen LogP contribution is 2.35. The van der Waals surface area contributed by atoms with Crippen LogP contribution in [0.15, 0.2) is 91.0 Å². The molecule has 8 heteroatoms. The van der Waals surface area contributed by atoms with E-state index in [1.807, 2.05) is 74.5 Å². The molecule has 0 spiro atoms.